The number of carbonyl (C=O) groups is 1. The van der Waals surface area contributed by atoms with E-state index in [4.69, 9.17) is 18.9 Å². The van der Waals surface area contributed by atoms with Crippen molar-refractivity contribution in [3.63, 3.8) is 0 Å². The fourth-order valence-electron chi connectivity index (χ4n) is 2.63. The lowest BCUT2D eigenvalue weighted by molar-refractivity contribution is -0.137. The van der Waals surface area contributed by atoms with Gasteiger partial charge >= 0.3 is 12.1 Å². The molecule has 0 aliphatic carbocycles. The van der Waals surface area contributed by atoms with Gasteiger partial charge in [0, 0.05) is 5.69 Å². The van der Waals surface area contributed by atoms with Crippen molar-refractivity contribution in [3.8, 4) is 0 Å². The third-order valence-electron chi connectivity index (χ3n) is 4.13. The monoisotopic (exact) mass is 455 g/mol. The molecule has 0 radical (unpaired) electrons. The molecule has 0 atom stereocenters. The molecule has 9 heteroatoms. The van der Waals surface area contributed by atoms with Crippen molar-refractivity contribution in [2.45, 2.75) is 26.1 Å². The van der Waals surface area contributed by atoms with Gasteiger partial charge in [-0.25, -0.2) is 4.79 Å². The van der Waals surface area contributed by atoms with Crippen LogP contribution in [0, 0.1) is 0 Å². The van der Waals surface area contributed by atoms with Crippen LogP contribution < -0.4 is 5.32 Å². The lowest BCUT2D eigenvalue weighted by Gasteiger charge is -2.13. The molecule has 2 rings (SSSR count). The van der Waals surface area contributed by atoms with Crippen molar-refractivity contribution in [2.75, 3.05) is 45.0 Å². The Morgan fingerprint density at radius 2 is 1.56 bits per heavy atom. The van der Waals surface area contributed by atoms with Crippen molar-refractivity contribution in [2.24, 2.45) is 0 Å². The van der Waals surface area contributed by atoms with Crippen LogP contribution in [0.15, 0.2) is 48.5 Å². The molecule has 0 saturated heterocycles. The number of rotatable bonds is 13. The summed E-state index contributed by atoms with van der Waals surface area (Å²) in [6.45, 7) is 5.88. The number of alkyl halides is 3. The smallest absolute Gasteiger partial charge is 0.416 e. The van der Waals surface area contributed by atoms with Gasteiger partial charge in [-0.1, -0.05) is 18.2 Å². The summed E-state index contributed by atoms with van der Waals surface area (Å²) in [4.78, 5) is 12.4. The first-order valence-corrected chi connectivity index (χ1v) is 10.2. The van der Waals surface area contributed by atoms with Gasteiger partial charge in [-0.2, -0.15) is 13.2 Å². The Bertz CT molecular complexity index is 842. The van der Waals surface area contributed by atoms with Crippen LogP contribution in [0.3, 0.4) is 0 Å². The van der Waals surface area contributed by atoms with E-state index < -0.39 is 17.7 Å². The van der Waals surface area contributed by atoms with E-state index >= 15 is 0 Å². The van der Waals surface area contributed by atoms with Crippen molar-refractivity contribution < 1.29 is 36.9 Å². The summed E-state index contributed by atoms with van der Waals surface area (Å²) in [5.74, 6) is -0.606. The van der Waals surface area contributed by atoms with Crippen LogP contribution >= 0.6 is 0 Å². The highest BCUT2D eigenvalue weighted by Crippen LogP contribution is 2.32. The number of esters is 1. The first kappa shape index (κ1) is 25.6. The minimum absolute atomic E-state index is 0.0349. The number of hydrogen-bond donors (Lipinski definition) is 1. The SMILES string of the molecule is CC(C)OCCOCCOCCOC(=O)c1ccccc1Nc1cccc(C(F)(F)F)c1. The highest BCUT2D eigenvalue weighted by molar-refractivity contribution is 5.96. The number of anilines is 2. The predicted molar refractivity (Wildman–Crippen MR) is 114 cm³/mol. The number of ether oxygens (including phenoxy) is 4. The number of para-hydroxylation sites is 1. The summed E-state index contributed by atoms with van der Waals surface area (Å²) in [6, 6.07) is 11.2. The molecular formula is C23H28F3NO5. The maximum absolute atomic E-state index is 12.9. The molecule has 6 nitrogen and oxygen atoms in total. The van der Waals surface area contributed by atoms with Gasteiger partial charge in [-0.05, 0) is 44.2 Å². The highest BCUT2D eigenvalue weighted by Gasteiger charge is 2.30. The van der Waals surface area contributed by atoms with Gasteiger partial charge in [0.15, 0.2) is 0 Å². The van der Waals surface area contributed by atoms with Crippen LogP contribution in [0.25, 0.3) is 0 Å². The minimum atomic E-state index is -4.46. The Hall–Kier alpha value is -2.62. The van der Waals surface area contributed by atoms with E-state index in [2.05, 4.69) is 5.32 Å². The average molecular weight is 455 g/mol. The zero-order valence-corrected chi connectivity index (χ0v) is 18.1. The van der Waals surface area contributed by atoms with Crippen LogP contribution in [-0.4, -0.2) is 51.7 Å². The Labute approximate surface area is 185 Å². The molecule has 0 bridgehead atoms. The van der Waals surface area contributed by atoms with Crippen molar-refractivity contribution in [1.29, 1.82) is 0 Å². The third kappa shape index (κ3) is 9.25. The van der Waals surface area contributed by atoms with Crippen LogP contribution in [0.5, 0.6) is 0 Å². The van der Waals surface area contributed by atoms with Crippen LogP contribution in [0.1, 0.15) is 29.8 Å². The molecule has 32 heavy (non-hydrogen) atoms. The molecule has 0 heterocycles. The second kappa shape index (κ2) is 13.0. The minimum Gasteiger partial charge on any atom is -0.460 e. The molecule has 0 aromatic heterocycles. The second-order valence-corrected chi connectivity index (χ2v) is 7.03. The highest BCUT2D eigenvalue weighted by atomic mass is 19.4. The Morgan fingerprint density at radius 3 is 2.25 bits per heavy atom. The van der Waals surface area contributed by atoms with Crippen LogP contribution in [0.4, 0.5) is 24.5 Å². The zero-order chi connectivity index (χ0) is 23.4. The number of halogens is 3. The fraction of sp³-hybridized carbons (Fsp3) is 0.435. The summed E-state index contributed by atoms with van der Waals surface area (Å²) >= 11 is 0. The van der Waals surface area contributed by atoms with Gasteiger partial charge in [-0.15, -0.1) is 0 Å². The molecule has 0 unspecified atom stereocenters. The number of benzene rings is 2. The standard InChI is InChI=1S/C23H28F3NO5/c1-17(2)31-14-12-29-10-11-30-13-15-32-22(28)20-8-3-4-9-21(20)27-19-7-5-6-18(16-19)23(24,25)26/h3-9,16-17,27H,10-15H2,1-2H3. The van der Waals surface area contributed by atoms with E-state index in [1.54, 1.807) is 18.2 Å². The molecule has 0 saturated carbocycles. The first-order chi connectivity index (χ1) is 15.3. The van der Waals surface area contributed by atoms with Gasteiger partial charge < -0.3 is 24.3 Å². The van der Waals surface area contributed by atoms with Crippen LogP contribution in [-0.2, 0) is 25.1 Å². The molecule has 0 aliphatic rings. The fourth-order valence-corrected chi connectivity index (χ4v) is 2.63. The van der Waals surface area contributed by atoms with E-state index in [0.717, 1.165) is 12.1 Å². The molecular weight excluding hydrogens is 427 g/mol. The van der Waals surface area contributed by atoms with Gasteiger partial charge in [0.05, 0.1) is 56.0 Å². The number of hydrogen-bond acceptors (Lipinski definition) is 6. The zero-order valence-electron chi connectivity index (χ0n) is 18.1. The normalized spacial score (nSPS) is 11.6. The van der Waals surface area contributed by atoms with E-state index in [0.29, 0.717) is 32.1 Å². The molecule has 0 fully saturated rings. The summed E-state index contributed by atoms with van der Waals surface area (Å²) in [7, 11) is 0. The molecule has 2 aromatic rings. The lowest BCUT2D eigenvalue weighted by atomic mass is 10.1. The quantitative estimate of drug-likeness (QED) is 0.336. The predicted octanol–water partition coefficient (Wildman–Crippen LogP) is 5.06. The van der Waals surface area contributed by atoms with Crippen molar-refractivity contribution >= 4 is 17.3 Å². The summed E-state index contributed by atoms with van der Waals surface area (Å²) in [5.41, 5.74) is -0.0218. The van der Waals surface area contributed by atoms with E-state index in [1.807, 2.05) is 13.8 Å². The second-order valence-electron chi connectivity index (χ2n) is 7.03. The number of carbonyl (C=O) groups excluding carboxylic acids is 1. The summed E-state index contributed by atoms with van der Waals surface area (Å²) < 4.78 is 60.0. The van der Waals surface area contributed by atoms with E-state index in [1.165, 1.54) is 18.2 Å². The molecule has 0 aliphatic heterocycles. The molecule has 2 aromatic carbocycles. The van der Waals surface area contributed by atoms with Gasteiger partial charge in [0.2, 0.25) is 0 Å². The summed E-state index contributed by atoms with van der Waals surface area (Å²) in [5, 5.41) is 2.85. The maximum atomic E-state index is 12.9. The largest absolute Gasteiger partial charge is 0.460 e. The average Bonchev–Trinajstić information content (AvgIpc) is 2.74. The molecule has 0 amide bonds. The van der Waals surface area contributed by atoms with Crippen molar-refractivity contribution in [1.82, 2.24) is 0 Å². The lowest BCUT2D eigenvalue weighted by Crippen LogP contribution is -2.15. The van der Waals surface area contributed by atoms with Gasteiger partial charge in [0.25, 0.3) is 0 Å². The topological polar surface area (TPSA) is 66.0 Å². The molecule has 1 N–H and O–H groups in total. The first-order valence-electron chi connectivity index (χ1n) is 10.2. The van der Waals surface area contributed by atoms with Gasteiger partial charge in [-0.3, -0.25) is 0 Å². The molecule has 0 spiro atoms. The Balaban J connectivity index is 1.77. The summed E-state index contributed by atoms with van der Waals surface area (Å²) in [6.07, 6.45) is -4.29. The van der Waals surface area contributed by atoms with E-state index in [-0.39, 0.29) is 30.6 Å². The molecule has 176 valence electrons. The van der Waals surface area contributed by atoms with E-state index in [9.17, 15) is 18.0 Å². The Kier molecular flexibility index (Phi) is 10.5. The van der Waals surface area contributed by atoms with Crippen LogP contribution in [0.2, 0.25) is 0 Å². The third-order valence-corrected chi connectivity index (χ3v) is 4.13. The Morgan fingerprint density at radius 1 is 0.906 bits per heavy atom. The number of nitrogens with one attached hydrogen (secondary N) is 1. The maximum Gasteiger partial charge on any atom is 0.416 e. The van der Waals surface area contributed by atoms with Gasteiger partial charge in [0.1, 0.15) is 6.61 Å². The van der Waals surface area contributed by atoms with Crippen molar-refractivity contribution in [3.05, 3.63) is 59.7 Å².